The minimum absolute atomic E-state index is 0.187. The Bertz CT molecular complexity index is 367. The molecule has 1 saturated heterocycles. The number of nitrogens with zero attached hydrogens (tertiary/aromatic N) is 1. The fourth-order valence-corrected chi connectivity index (χ4v) is 2.08. The number of nitrogens with one attached hydrogen (secondary N) is 2. The second kappa shape index (κ2) is 6.31. The first-order valence-electron chi connectivity index (χ1n) is 5.83. The smallest absolute Gasteiger partial charge is 0.141 e. The van der Waals surface area contributed by atoms with Crippen LogP contribution in [0.4, 0.5) is 4.39 Å². The molecule has 1 aromatic carbocycles. The molecule has 0 spiro atoms. The summed E-state index contributed by atoms with van der Waals surface area (Å²) in [5.41, 5.74) is 1.01. The molecule has 2 rings (SSSR count). The maximum atomic E-state index is 12.9. The van der Waals surface area contributed by atoms with Crippen LogP contribution in [-0.4, -0.2) is 37.7 Å². The van der Waals surface area contributed by atoms with Crippen molar-refractivity contribution in [3.63, 3.8) is 0 Å². The highest BCUT2D eigenvalue weighted by Gasteiger charge is 2.08. The largest absolute Gasteiger partial charge is 0.314 e. The van der Waals surface area contributed by atoms with Gasteiger partial charge in [0.25, 0.3) is 0 Å². The summed E-state index contributed by atoms with van der Waals surface area (Å²) < 4.78 is 12.9. The lowest BCUT2D eigenvalue weighted by atomic mass is 10.2. The Kier molecular flexibility index (Phi) is 4.74. The van der Waals surface area contributed by atoms with Crippen molar-refractivity contribution in [3.05, 3.63) is 34.6 Å². The van der Waals surface area contributed by atoms with Crippen LogP contribution in [0, 0.1) is 5.82 Å². The normalized spacial score (nSPS) is 17.3. The van der Waals surface area contributed by atoms with E-state index in [1.165, 1.54) is 6.07 Å². The molecule has 2 N–H and O–H groups in total. The molecule has 1 aliphatic rings. The first-order chi connectivity index (χ1) is 8.25. The number of rotatable bonds is 4. The molecule has 17 heavy (non-hydrogen) atoms. The van der Waals surface area contributed by atoms with E-state index in [0.717, 1.165) is 38.4 Å². The number of halogens is 2. The van der Waals surface area contributed by atoms with Gasteiger partial charge in [0, 0.05) is 39.4 Å². The molecule has 94 valence electrons. The lowest BCUT2D eigenvalue weighted by molar-refractivity contribution is 0.223. The molecule has 0 unspecified atom stereocenters. The summed E-state index contributed by atoms with van der Waals surface area (Å²) in [4.78, 5) is 2.35. The van der Waals surface area contributed by atoms with Gasteiger partial charge in [-0.2, -0.15) is 0 Å². The third-order valence-electron chi connectivity index (χ3n) is 2.86. The van der Waals surface area contributed by atoms with E-state index in [1.54, 1.807) is 12.1 Å². The standard InChI is InChI=1S/C12H17ClFN3/c13-11-7-10(1-2-12(11)14)8-16-9-17-5-3-15-4-6-17/h1-2,7,15-16H,3-6,8-9H2. The van der Waals surface area contributed by atoms with Crippen molar-refractivity contribution in [2.75, 3.05) is 32.8 Å². The fourth-order valence-electron chi connectivity index (χ4n) is 1.88. The summed E-state index contributed by atoms with van der Waals surface area (Å²) in [5, 5.41) is 6.83. The van der Waals surface area contributed by atoms with Crippen molar-refractivity contribution in [2.24, 2.45) is 0 Å². The Morgan fingerprint density at radius 3 is 2.82 bits per heavy atom. The van der Waals surface area contributed by atoms with Crippen LogP contribution in [0.2, 0.25) is 5.02 Å². The maximum Gasteiger partial charge on any atom is 0.141 e. The Morgan fingerprint density at radius 1 is 1.35 bits per heavy atom. The number of hydrogen-bond acceptors (Lipinski definition) is 3. The lowest BCUT2D eigenvalue weighted by Crippen LogP contribution is -2.46. The van der Waals surface area contributed by atoms with Gasteiger partial charge in [-0.1, -0.05) is 17.7 Å². The number of benzene rings is 1. The second-order valence-corrected chi connectivity index (χ2v) is 4.61. The Labute approximate surface area is 106 Å². The lowest BCUT2D eigenvalue weighted by Gasteiger charge is -2.27. The molecule has 0 saturated carbocycles. The average Bonchev–Trinajstić information content (AvgIpc) is 2.35. The van der Waals surface area contributed by atoms with Crippen molar-refractivity contribution in [3.8, 4) is 0 Å². The van der Waals surface area contributed by atoms with E-state index in [4.69, 9.17) is 11.6 Å². The summed E-state index contributed by atoms with van der Waals surface area (Å²) in [7, 11) is 0. The summed E-state index contributed by atoms with van der Waals surface area (Å²) in [5.74, 6) is -0.363. The molecule has 3 nitrogen and oxygen atoms in total. The van der Waals surface area contributed by atoms with Crippen molar-refractivity contribution in [2.45, 2.75) is 6.54 Å². The molecular weight excluding hydrogens is 241 g/mol. The molecule has 0 atom stereocenters. The van der Waals surface area contributed by atoms with Gasteiger partial charge in [0.15, 0.2) is 0 Å². The van der Waals surface area contributed by atoms with E-state index in [2.05, 4.69) is 15.5 Å². The topological polar surface area (TPSA) is 27.3 Å². The molecule has 1 heterocycles. The van der Waals surface area contributed by atoms with E-state index in [0.29, 0.717) is 6.54 Å². The third kappa shape index (κ3) is 3.92. The van der Waals surface area contributed by atoms with Crippen LogP contribution in [0.5, 0.6) is 0 Å². The average molecular weight is 258 g/mol. The Morgan fingerprint density at radius 2 is 2.12 bits per heavy atom. The highest BCUT2D eigenvalue weighted by atomic mass is 35.5. The minimum Gasteiger partial charge on any atom is -0.314 e. The third-order valence-corrected chi connectivity index (χ3v) is 3.15. The summed E-state index contributed by atoms with van der Waals surface area (Å²) in [6.45, 7) is 5.79. The zero-order valence-corrected chi connectivity index (χ0v) is 10.4. The van der Waals surface area contributed by atoms with Crippen LogP contribution in [-0.2, 0) is 6.54 Å². The van der Waals surface area contributed by atoms with Crippen LogP contribution >= 0.6 is 11.6 Å². The van der Waals surface area contributed by atoms with E-state index in [-0.39, 0.29) is 10.8 Å². The van der Waals surface area contributed by atoms with Gasteiger partial charge >= 0.3 is 0 Å². The van der Waals surface area contributed by atoms with Gasteiger partial charge in [0.05, 0.1) is 5.02 Å². The molecule has 0 aromatic heterocycles. The van der Waals surface area contributed by atoms with Crippen molar-refractivity contribution >= 4 is 11.6 Å². The van der Waals surface area contributed by atoms with E-state index in [1.807, 2.05) is 0 Å². The van der Waals surface area contributed by atoms with Crippen LogP contribution < -0.4 is 10.6 Å². The van der Waals surface area contributed by atoms with Gasteiger partial charge in [0.2, 0.25) is 0 Å². The predicted molar refractivity (Wildman–Crippen MR) is 67.6 cm³/mol. The van der Waals surface area contributed by atoms with E-state index >= 15 is 0 Å². The Hall–Kier alpha value is -0.680. The molecule has 1 aromatic rings. The van der Waals surface area contributed by atoms with Gasteiger partial charge in [-0.3, -0.25) is 4.90 Å². The van der Waals surface area contributed by atoms with Gasteiger partial charge in [-0.05, 0) is 17.7 Å². The first-order valence-corrected chi connectivity index (χ1v) is 6.21. The molecule has 5 heteroatoms. The van der Waals surface area contributed by atoms with Crippen LogP contribution in [0.25, 0.3) is 0 Å². The van der Waals surface area contributed by atoms with Crippen molar-refractivity contribution in [1.29, 1.82) is 0 Å². The zero-order chi connectivity index (χ0) is 12.1. The van der Waals surface area contributed by atoms with Crippen LogP contribution in [0.15, 0.2) is 18.2 Å². The quantitative estimate of drug-likeness (QED) is 0.855. The van der Waals surface area contributed by atoms with E-state index < -0.39 is 0 Å². The molecule has 0 aliphatic carbocycles. The Balaban J connectivity index is 1.75. The predicted octanol–water partition coefficient (Wildman–Crippen LogP) is 1.43. The van der Waals surface area contributed by atoms with E-state index in [9.17, 15) is 4.39 Å². The second-order valence-electron chi connectivity index (χ2n) is 4.20. The van der Waals surface area contributed by atoms with Crippen LogP contribution in [0.3, 0.4) is 0 Å². The first kappa shape index (κ1) is 12.8. The highest BCUT2D eigenvalue weighted by Crippen LogP contribution is 2.15. The van der Waals surface area contributed by atoms with Gasteiger partial charge in [-0.25, -0.2) is 4.39 Å². The zero-order valence-electron chi connectivity index (χ0n) is 9.68. The number of hydrogen-bond donors (Lipinski definition) is 2. The summed E-state index contributed by atoms with van der Waals surface area (Å²) in [6, 6.07) is 4.83. The van der Waals surface area contributed by atoms with Crippen LogP contribution in [0.1, 0.15) is 5.56 Å². The summed E-state index contributed by atoms with van der Waals surface area (Å²) >= 11 is 5.72. The minimum atomic E-state index is -0.363. The monoisotopic (exact) mass is 257 g/mol. The maximum absolute atomic E-state index is 12.9. The molecule has 0 amide bonds. The molecule has 0 radical (unpaired) electrons. The van der Waals surface area contributed by atoms with Crippen molar-refractivity contribution < 1.29 is 4.39 Å². The number of piperazine rings is 1. The fraction of sp³-hybridized carbons (Fsp3) is 0.500. The highest BCUT2D eigenvalue weighted by molar-refractivity contribution is 6.30. The van der Waals surface area contributed by atoms with Gasteiger partial charge in [-0.15, -0.1) is 0 Å². The molecular formula is C12H17ClFN3. The SMILES string of the molecule is Fc1ccc(CNCN2CCNCC2)cc1Cl. The van der Waals surface area contributed by atoms with Gasteiger partial charge < -0.3 is 10.6 Å². The summed E-state index contributed by atoms with van der Waals surface area (Å²) in [6.07, 6.45) is 0. The molecule has 1 fully saturated rings. The molecule has 1 aliphatic heterocycles. The van der Waals surface area contributed by atoms with Crippen molar-refractivity contribution in [1.82, 2.24) is 15.5 Å². The molecule has 0 bridgehead atoms. The van der Waals surface area contributed by atoms with Gasteiger partial charge in [0.1, 0.15) is 5.82 Å².